The SMILES string of the molecule is CN(C)C(=O)C1CNCCN1C(=O)NC(C)(C)C. The summed E-state index contributed by atoms with van der Waals surface area (Å²) in [5.74, 6) is -0.0498. The summed E-state index contributed by atoms with van der Waals surface area (Å²) >= 11 is 0. The second-order valence-electron chi connectivity index (χ2n) is 5.83. The molecular formula is C12H24N4O2. The van der Waals surface area contributed by atoms with Crippen LogP contribution < -0.4 is 10.6 Å². The minimum atomic E-state index is -0.420. The Balaban J connectivity index is 2.76. The lowest BCUT2D eigenvalue weighted by molar-refractivity contribution is -0.133. The zero-order valence-corrected chi connectivity index (χ0v) is 11.9. The van der Waals surface area contributed by atoms with Crippen molar-refractivity contribution in [1.29, 1.82) is 0 Å². The summed E-state index contributed by atoms with van der Waals surface area (Å²) in [6.07, 6.45) is 0. The Morgan fingerprint density at radius 2 is 1.94 bits per heavy atom. The average molecular weight is 256 g/mol. The quantitative estimate of drug-likeness (QED) is 0.686. The molecule has 0 aromatic carbocycles. The largest absolute Gasteiger partial charge is 0.347 e. The van der Waals surface area contributed by atoms with Crippen LogP contribution in [0.15, 0.2) is 0 Å². The Hall–Kier alpha value is -1.30. The lowest BCUT2D eigenvalue weighted by Gasteiger charge is -2.38. The monoisotopic (exact) mass is 256 g/mol. The third-order valence-electron chi connectivity index (χ3n) is 2.71. The molecular weight excluding hydrogens is 232 g/mol. The predicted molar refractivity (Wildman–Crippen MR) is 70.3 cm³/mol. The highest BCUT2D eigenvalue weighted by Crippen LogP contribution is 2.09. The molecule has 0 bridgehead atoms. The minimum absolute atomic E-state index is 0.0498. The summed E-state index contributed by atoms with van der Waals surface area (Å²) in [6, 6.07) is -0.597. The fourth-order valence-corrected chi connectivity index (χ4v) is 1.86. The molecule has 0 aromatic heterocycles. The van der Waals surface area contributed by atoms with Crippen LogP contribution in [0.3, 0.4) is 0 Å². The topological polar surface area (TPSA) is 64.7 Å². The molecule has 3 amide bonds. The van der Waals surface area contributed by atoms with E-state index in [1.807, 2.05) is 20.8 Å². The maximum Gasteiger partial charge on any atom is 0.318 e. The first-order valence-corrected chi connectivity index (χ1v) is 6.23. The van der Waals surface area contributed by atoms with Crippen molar-refractivity contribution in [3.05, 3.63) is 0 Å². The van der Waals surface area contributed by atoms with Gasteiger partial charge in [-0.05, 0) is 20.8 Å². The number of nitrogens with one attached hydrogen (secondary N) is 2. The lowest BCUT2D eigenvalue weighted by Crippen LogP contribution is -2.62. The summed E-state index contributed by atoms with van der Waals surface area (Å²) in [4.78, 5) is 27.3. The van der Waals surface area contributed by atoms with Crippen molar-refractivity contribution >= 4 is 11.9 Å². The predicted octanol–water partition coefficient (Wildman–Crippen LogP) is -0.143. The van der Waals surface area contributed by atoms with Gasteiger partial charge in [0.1, 0.15) is 6.04 Å². The maximum atomic E-state index is 12.2. The third kappa shape index (κ3) is 3.87. The highest BCUT2D eigenvalue weighted by Gasteiger charge is 2.34. The number of amides is 3. The van der Waals surface area contributed by atoms with Gasteiger partial charge in [0.15, 0.2) is 0 Å². The molecule has 1 fully saturated rings. The van der Waals surface area contributed by atoms with Crippen molar-refractivity contribution < 1.29 is 9.59 Å². The average Bonchev–Trinajstić information content (AvgIpc) is 2.25. The molecule has 6 nitrogen and oxygen atoms in total. The Labute approximate surface area is 109 Å². The molecule has 1 heterocycles. The van der Waals surface area contributed by atoms with Crippen molar-refractivity contribution in [2.24, 2.45) is 0 Å². The van der Waals surface area contributed by atoms with Gasteiger partial charge in [-0.3, -0.25) is 4.79 Å². The first-order valence-electron chi connectivity index (χ1n) is 6.23. The van der Waals surface area contributed by atoms with Gasteiger partial charge in [0, 0.05) is 39.3 Å². The standard InChI is InChI=1S/C12H24N4O2/c1-12(2,3)14-11(18)16-7-6-13-8-9(16)10(17)15(4)5/h9,13H,6-8H2,1-5H3,(H,14,18). The van der Waals surface area contributed by atoms with Gasteiger partial charge in [0.25, 0.3) is 0 Å². The lowest BCUT2D eigenvalue weighted by atomic mass is 10.1. The molecule has 6 heteroatoms. The van der Waals surface area contributed by atoms with E-state index in [1.165, 1.54) is 4.90 Å². The summed E-state index contributed by atoms with van der Waals surface area (Å²) in [5.41, 5.74) is -0.298. The molecule has 2 N–H and O–H groups in total. The molecule has 0 spiro atoms. The van der Waals surface area contributed by atoms with Crippen molar-refractivity contribution in [1.82, 2.24) is 20.4 Å². The highest BCUT2D eigenvalue weighted by atomic mass is 16.2. The summed E-state index contributed by atoms with van der Waals surface area (Å²) in [7, 11) is 3.41. The van der Waals surface area contributed by atoms with Crippen LogP contribution in [0.4, 0.5) is 4.79 Å². The van der Waals surface area contributed by atoms with E-state index in [-0.39, 0.29) is 17.5 Å². The molecule has 104 valence electrons. The van der Waals surface area contributed by atoms with Crippen molar-refractivity contribution in [3.63, 3.8) is 0 Å². The van der Waals surface area contributed by atoms with Gasteiger partial charge in [-0.2, -0.15) is 0 Å². The number of carbonyl (C=O) groups excluding carboxylic acids is 2. The minimum Gasteiger partial charge on any atom is -0.347 e. The van der Waals surface area contributed by atoms with E-state index < -0.39 is 6.04 Å². The number of nitrogens with zero attached hydrogens (tertiary/aromatic N) is 2. The number of hydrogen-bond donors (Lipinski definition) is 2. The number of piperazine rings is 1. The van der Waals surface area contributed by atoms with Gasteiger partial charge in [0.05, 0.1) is 0 Å². The zero-order chi connectivity index (χ0) is 13.9. The Bertz CT molecular complexity index is 323. The number of likely N-dealkylation sites (N-methyl/N-ethyl adjacent to an activating group) is 1. The van der Waals surface area contributed by atoms with Crippen molar-refractivity contribution in [2.45, 2.75) is 32.4 Å². The molecule has 18 heavy (non-hydrogen) atoms. The van der Waals surface area contributed by atoms with Crippen LogP contribution in [0.2, 0.25) is 0 Å². The molecule has 1 aliphatic heterocycles. The van der Waals surface area contributed by atoms with Crippen LogP contribution in [0.1, 0.15) is 20.8 Å². The number of hydrogen-bond acceptors (Lipinski definition) is 3. The Morgan fingerprint density at radius 3 is 2.44 bits per heavy atom. The van der Waals surface area contributed by atoms with Crippen molar-refractivity contribution in [3.8, 4) is 0 Å². The highest BCUT2D eigenvalue weighted by molar-refractivity contribution is 5.87. The fourth-order valence-electron chi connectivity index (χ4n) is 1.86. The van der Waals surface area contributed by atoms with Gasteiger partial charge in [-0.25, -0.2) is 4.79 Å². The van der Waals surface area contributed by atoms with Crippen LogP contribution in [0.5, 0.6) is 0 Å². The second-order valence-corrected chi connectivity index (χ2v) is 5.83. The van der Waals surface area contributed by atoms with Gasteiger partial charge in [0.2, 0.25) is 5.91 Å². The van der Waals surface area contributed by atoms with Crippen LogP contribution in [-0.2, 0) is 4.79 Å². The number of rotatable bonds is 1. The normalized spacial score (nSPS) is 20.5. The van der Waals surface area contributed by atoms with Gasteiger partial charge in [-0.1, -0.05) is 0 Å². The molecule has 1 rings (SSSR count). The summed E-state index contributed by atoms with van der Waals surface area (Å²) < 4.78 is 0. The fraction of sp³-hybridized carbons (Fsp3) is 0.833. The van der Waals surface area contributed by atoms with Crippen molar-refractivity contribution in [2.75, 3.05) is 33.7 Å². The molecule has 1 saturated heterocycles. The second kappa shape index (κ2) is 5.56. The van der Waals surface area contributed by atoms with E-state index in [4.69, 9.17) is 0 Å². The van der Waals surface area contributed by atoms with Gasteiger partial charge in [-0.15, -0.1) is 0 Å². The number of carbonyl (C=O) groups is 2. The van der Waals surface area contributed by atoms with E-state index in [9.17, 15) is 9.59 Å². The van der Waals surface area contributed by atoms with Crippen LogP contribution in [-0.4, -0.2) is 67.0 Å². The maximum absolute atomic E-state index is 12.2. The van der Waals surface area contributed by atoms with E-state index in [0.29, 0.717) is 13.1 Å². The molecule has 0 aliphatic carbocycles. The first kappa shape index (κ1) is 14.8. The van der Waals surface area contributed by atoms with E-state index >= 15 is 0 Å². The zero-order valence-electron chi connectivity index (χ0n) is 11.9. The summed E-state index contributed by atoms with van der Waals surface area (Å²) in [6.45, 7) is 7.55. The molecule has 1 unspecified atom stereocenters. The van der Waals surface area contributed by atoms with Gasteiger partial charge >= 0.3 is 6.03 Å². The van der Waals surface area contributed by atoms with E-state index in [0.717, 1.165) is 6.54 Å². The third-order valence-corrected chi connectivity index (χ3v) is 2.71. The molecule has 0 aromatic rings. The van der Waals surface area contributed by atoms with E-state index in [1.54, 1.807) is 19.0 Å². The molecule has 0 saturated carbocycles. The molecule has 0 radical (unpaired) electrons. The van der Waals surface area contributed by atoms with Crippen LogP contribution >= 0.6 is 0 Å². The summed E-state index contributed by atoms with van der Waals surface area (Å²) in [5, 5.41) is 6.05. The number of urea groups is 1. The smallest absolute Gasteiger partial charge is 0.318 e. The Kier molecular flexibility index (Phi) is 4.56. The van der Waals surface area contributed by atoms with Crippen LogP contribution in [0, 0.1) is 0 Å². The Morgan fingerprint density at radius 1 is 1.33 bits per heavy atom. The van der Waals surface area contributed by atoms with E-state index in [2.05, 4.69) is 10.6 Å². The molecule has 1 atom stereocenters. The van der Waals surface area contributed by atoms with Gasteiger partial charge < -0.3 is 20.4 Å². The van der Waals surface area contributed by atoms with Crippen LogP contribution in [0.25, 0.3) is 0 Å². The molecule has 1 aliphatic rings. The first-order chi connectivity index (χ1) is 8.22.